The van der Waals surface area contributed by atoms with Gasteiger partial charge in [0.05, 0.1) is 13.2 Å². The second-order valence-corrected chi connectivity index (χ2v) is 7.24. The van der Waals surface area contributed by atoms with Crippen molar-refractivity contribution in [3.05, 3.63) is 59.7 Å². The van der Waals surface area contributed by atoms with Gasteiger partial charge in [-0.25, -0.2) is 0 Å². The fourth-order valence-electron chi connectivity index (χ4n) is 3.53. The first-order chi connectivity index (χ1) is 13.7. The number of aromatic hydroxyl groups is 1. The highest BCUT2D eigenvalue weighted by atomic mass is 16.5. The average Bonchev–Trinajstić information content (AvgIpc) is 3.22. The van der Waals surface area contributed by atoms with Crippen LogP contribution < -0.4 is 4.74 Å². The van der Waals surface area contributed by atoms with Crippen molar-refractivity contribution in [1.29, 1.82) is 0 Å². The van der Waals surface area contributed by atoms with E-state index in [2.05, 4.69) is 0 Å². The zero-order valence-corrected chi connectivity index (χ0v) is 16.5. The molecule has 150 valence electrons. The van der Waals surface area contributed by atoms with Gasteiger partial charge in [-0.2, -0.15) is 0 Å². The summed E-state index contributed by atoms with van der Waals surface area (Å²) in [7, 11) is 1.65. The first kappa shape index (κ1) is 20.2. The molecule has 0 aromatic heterocycles. The first-order valence-corrected chi connectivity index (χ1v) is 9.95. The van der Waals surface area contributed by atoms with Crippen LogP contribution in [0.3, 0.4) is 0 Å². The molecule has 0 bridgehead atoms. The van der Waals surface area contributed by atoms with E-state index in [1.165, 1.54) is 5.56 Å². The third kappa shape index (κ3) is 5.73. The van der Waals surface area contributed by atoms with Gasteiger partial charge in [-0.15, -0.1) is 0 Å². The number of aryl methyl sites for hydroxylation is 1. The number of nitrogens with zero attached hydrogens (tertiary/aromatic N) is 1. The minimum atomic E-state index is 0.0939. The van der Waals surface area contributed by atoms with Crippen molar-refractivity contribution < 1.29 is 19.4 Å². The Morgan fingerprint density at radius 2 is 2.00 bits per heavy atom. The number of hydrogen-bond donors (Lipinski definition) is 1. The van der Waals surface area contributed by atoms with Crippen molar-refractivity contribution >= 4 is 5.91 Å². The lowest BCUT2D eigenvalue weighted by Crippen LogP contribution is -2.36. The first-order valence-electron chi connectivity index (χ1n) is 9.95. The third-order valence-corrected chi connectivity index (χ3v) is 5.17. The summed E-state index contributed by atoms with van der Waals surface area (Å²) in [5, 5.41) is 10.1. The van der Waals surface area contributed by atoms with Gasteiger partial charge in [0.25, 0.3) is 0 Å². The van der Waals surface area contributed by atoms with Crippen molar-refractivity contribution in [2.45, 2.75) is 44.8 Å². The van der Waals surface area contributed by atoms with Crippen molar-refractivity contribution in [1.82, 2.24) is 4.90 Å². The fraction of sp³-hybridized carbons (Fsp3) is 0.435. The molecule has 2 aromatic carbocycles. The maximum atomic E-state index is 12.9. The predicted octanol–water partition coefficient (Wildman–Crippen LogP) is 3.93. The minimum absolute atomic E-state index is 0.0939. The normalized spacial score (nSPS) is 16.1. The predicted molar refractivity (Wildman–Crippen MR) is 108 cm³/mol. The summed E-state index contributed by atoms with van der Waals surface area (Å²) >= 11 is 0. The van der Waals surface area contributed by atoms with Crippen LogP contribution in [0.5, 0.6) is 11.5 Å². The number of carbonyl (C=O) groups is 1. The fourth-order valence-corrected chi connectivity index (χ4v) is 3.53. The molecule has 1 aliphatic heterocycles. The maximum absolute atomic E-state index is 12.9. The van der Waals surface area contributed by atoms with Gasteiger partial charge in [0.2, 0.25) is 5.91 Å². The SMILES string of the molecule is COc1ccc(CCCC(=O)N(Cc2ccccc2O)CC2CCCO2)cc1. The van der Waals surface area contributed by atoms with Crippen LogP contribution in [0.1, 0.15) is 36.8 Å². The molecule has 5 heteroatoms. The minimum Gasteiger partial charge on any atom is -0.508 e. The van der Waals surface area contributed by atoms with E-state index in [1.807, 2.05) is 41.3 Å². The highest BCUT2D eigenvalue weighted by Gasteiger charge is 2.23. The highest BCUT2D eigenvalue weighted by molar-refractivity contribution is 5.76. The van der Waals surface area contributed by atoms with Gasteiger partial charge in [-0.3, -0.25) is 4.79 Å². The molecule has 0 spiro atoms. The number of methoxy groups -OCH3 is 1. The number of rotatable bonds is 9. The monoisotopic (exact) mass is 383 g/mol. The zero-order valence-electron chi connectivity index (χ0n) is 16.5. The summed E-state index contributed by atoms with van der Waals surface area (Å²) in [6, 6.07) is 15.2. The van der Waals surface area contributed by atoms with Crippen molar-refractivity contribution in [2.75, 3.05) is 20.3 Å². The van der Waals surface area contributed by atoms with E-state index in [0.29, 0.717) is 19.5 Å². The van der Waals surface area contributed by atoms with Gasteiger partial charge in [0.15, 0.2) is 0 Å². The molecule has 1 unspecified atom stereocenters. The summed E-state index contributed by atoms with van der Waals surface area (Å²) in [5.41, 5.74) is 1.96. The van der Waals surface area contributed by atoms with E-state index in [9.17, 15) is 9.90 Å². The van der Waals surface area contributed by atoms with Crippen LogP contribution in [0.15, 0.2) is 48.5 Å². The Morgan fingerprint density at radius 1 is 1.21 bits per heavy atom. The number of phenols is 1. The van der Waals surface area contributed by atoms with Crippen LogP contribution in [0.2, 0.25) is 0 Å². The van der Waals surface area contributed by atoms with Crippen LogP contribution in [-0.4, -0.2) is 42.3 Å². The van der Waals surface area contributed by atoms with E-state index in [4.69, 9.17) is 9.47 Å². The standard InChI is InChI=1S/C23H29NO4/c1-27-20-13-11-18(12-14-20)6-4-10-23(26)24(17-21-8-5-15-28-21)16-19-7-2-3-9-22(19)25/h2-3,7,9,11-14,21,25H,4-6,8,10,15-17H2,1H3. The topological polar surface area (TPSA) is 59.0 Å². The Bertz CT molecular complexity index is 753. The number of benzene rings is 2. The largest absolute Gasteiger partial charge is 0.508 e. The molecule has 1 amide bonds. The Balaban J connectivity index is 1.57. The van der Waals surface area contributed by atoms with Gasteiger partial charge in [-0.05, 0) is 49.4 Å². The lowest BCUT2D eigenvalue weighted by molar-refractivity contribution is -0.133. The smallest absolute Gasteiger partial charge is 0.222 e. The zero-order chi connectivity index (χ0) is 19.8. The molecule has 1 fully saturated rings. The molecule has 1 N–H and O–H groups in total. The molecule has 1 heterocycles. The lowest BCUT2D eigenvalue weighted by Gasteiger charge is -2.26. The van der Waals surface area contributed by atoms with E-state index >= 15 is 0 Å². The quantitative estimate of drug-likeness (QED) is 0.713. The number of hydrogen-bond acceptors (Lipinski definition) is 4. The van der Waals surface area contributed by atoms with Crippen LogP contribution in [0.4, 0.5) is 0 Å². The van der Waals surface area contributed by atoms with Crippen molar-refractivity contribution in [3.8, 4) is 11.5 Å². The van der Waals surface area contributed by atoms with Crippen molar-refractivity contribution in [3.63, 3.8) is 0 Å². The Labute approximate surface area is 166 Å². The van der Waals surface area contributed by atoms with Crippen LogP contribution in [0.25, 0.3) is 0 Å². The Morgan fingerprint density at radius 3 is 2.68 bits per heavy atom. The third-order valence-electron chi connectivity index (χ3n) is 5.17. The molecule has 1 atom stereocenters. The lowest BCUT2D eigenvalue weighted by atomic mass is 10.1. The molecular formula is C23H29NO4. The second-order valence-electron chi connectivity index (χ2n) is 7.24. The van der Waals surface area contributed by atoms with E-state index in [1.54, 1.807) is 19.2 Å². The van der Waals surface area contributed by atoms with Crippen LogP contribution in [-0.2, 0) is 22.5 Å². The number of phenolic OH excluding ortho intramolecular Hbond substituents is 1. The van der Waals surface area contributed by atoms with Gasteiger partial charge in [0.1, 0.15) is 11.5 Å². The van der Waals surface area contributed by atoms with E-state index in [0.717, 1.165) is 43.6 Å². The Hall–Kier alpha value is -2.53. The second kappa shape index (κ2) is 10.1. The summed E-state index contributed by atoms with van der Waals surface area (Å²) < 4.78 is 10.9. The molecule has 3 rings (SSSR count). The van der Waals surface area contributed by atoms with Gasteiger partial charge < -0.3 is 19.5 Å². The molecule has 5 nitrogen and oxygen atoms in total. The maximum Gasteiger partial charge on any atom is 0.222 e. The number of para-hydroxylation sites is 1. The van der Waals surface area contributed by atoms with E-state index in [-0.39, 0.29) is 17.8 Å². The number of amides is 1. The summed E-state index contributed by atoms with van der Waals surface area (Å²) in [6.45, 7) is 1.75. The van der Waals surface area contributed by atoms with Crippen LogP contribution >= 0.6 is 0 Å². The molecule has 2 aromatic rings. The van der Waals surface area contributed by atoms with Crippen molar-refractivity contribution in [2.24, 2.45) is 0 Å². The molecule has 0 radical (unpaired) electrons. The average molecular weight is 383 g/mol. The molecule has 1 saturated heterocycles. The molecule has 1 aliphatic rings. The molecule has 0 aliphatic carbocycles. The van der Waals surface area contributed by atoms with E-state index < -0.39 is 0 Å². The van der Waals surface area contributed by atoms with Crippen LogP contribution in [0, 0.1) is 0 Å². The Kier molecular flexibility index (Phi) is 7.31. The highest BCUT2D eigenvalue weighted by Crippen LogP contribution is 2.21. The molecule has 0 saturated carbocycles. The van der Waals surface area contributed by atoms with Gasteiger partial charge >= 0.3 is 0 Å². The van der Waals surface area contributed by atoms with Gasteiger partial charge in [0, 0.05) is 31.7 Å². The van der Waals surface area contributed by atoms with Gasteiger partial charge in [-0.1, -0.05) is 30.3 Å². The molecular weight excluding hydrogens is 354 g/mol. The summed E-state index contributed by atoms with van der Waals surface area (Å²) in [4.78, 5) is 14.7. The summed E-state index contributed by atoms with van der Waals surface area (Å²) in [5.74, 6) is 1.17. The summed E-state index contributed by atoms with van der Waals surface area (Å²) in [6.07, 6.45) is 4.23. The molecule has 28 heavy (non-hydrogen) atoms. The number of ether oxygens (including phenoxy) is 2. The number of carbonyl (C=O) groups excluding carboxylic acids is 1.